The van der Waals surface area contributed by atoms with Crippen LogP contribution >= 0.6 is 0 Å². The molecule has 0 aliphatic heterocycles. The van der Waals surface area contributed by atoms with Gasteiger partial charge in [0.05, 0.1) is 12.2 Å². The Morgan fingerprint density at radius 1 is 1.04 bits per heavy atom. The van der Waals surface area contributed by atoms with Crippen molar-refractivity contribution in [2.45, 2.75) is 97.2 Å². The fourth-order valence-corrected chi connectivity index (χ4v) is 8.72. The van der Waals surface area contributed by atoms with Crippen LogP contribution < -0.4 is 5.11 Å². The van der Waals surface area contributed by atoms with Crippen molar-refractivity contribution in [2.24, 2.45) is 46.3 Å². The molecule has 2 N–H and O–H groups in total. The Bertz CT molecular complexity index is 605. The van der Waals surface area contributed by atoms with E-state index in [4.69, 9.17) is 0 Å². The molecule has 0 spiro atoms. The lowest BCUT2D eigenvalue weighted by molar-refractivity contribution is -0.306. The Hall–Kier alpha value is -0.610. The highest BCUT2D eigenvalue weighted by molar-refractivity contribution is 5.64. The van der Waals surface area contributed by atoms with Gasteiger partial charge in [0, 0.05) is 5.97 Å². The van der Waals surface area contributed by atoms with Crippen molar-refractivity contribution in [1.29, 1.82) is 0 Å². The Balaban J connectivity index is 1.55. The van der Waals surface area contributed by atoms with E-state index in [0.717, 1.165) is 25.7 Å². The zero-order chi connectivity index (χ0) is 20.3. The predicted octanol–water partition coefficient (Wildman–Crippen LogP) is 3.14. The molecule has 0 radical (unpaired) electrons. The molecule has 0 aromatic carbocycles. The first-order valence-electron chi connectivity index (χ1n) is 11.7. The van der Waals surface area contributed by atoms with Crippen LogP contribution in [-0.2, 0) is 4.79 Å². The van der Waals surface area contributed by atoms with Crippen molar-refractivity contribution in [1.82, 2.24) is 0 Å². The summed E-state index contributed by atoms with van der Waals surface area (Å²) >= 11 is 0. The molecule has 0 aromatic heterocycles. The summed E-state index contributed by atoms with van der Waals surface area (Å²) in [6, 6.07) is 0. The number of rotatable bonds is 4. The molecule has 4 aliphatic rings. The minimum atomic E-state index is -0.934. The smallest absolute Gasteiger partial charge is 0.0577 e. The summed E-state index contributed by atoms with van der Waals surface area (Å²) in [5.41, 5.74) is 0.494. The van der Waals surface area contributed by atoms with E-state index in [2.05, 4.69) is 20.8 Å². The number of carbonyl (C=O) groups is 1. The number of aliphatic hydroxyl groups is 2. The number of aliphatic hydroxyl groups excluding tert-OH is 2. The zero-order valence-corrected chi connectivity index (χ0v) is 17.9. The van der Waals surface area contributed by atoms with E-state index >= 15 is 0 Å². The summed E-state index contributed by atoms with van der Waals surface area (Å²) in [6.45, 7) is 7.11. The van der Waals surface area contributed by atoms with Crippen molar-refractivity contribution in [3.05, 3.63) is 0 Å². The molecule has 4 aliphatic carbocycles. The molecule has 0 unspecified atom stereocenters. The summed E-state index contributed by atoms with van der Waals surface area (Å²) in [5, 5.41) is 32.4. The summed E-state index contributed by atoms with van der Waals surface area (Å²) in [4.78, 5) is 10.9. The van der Waals surface area contributed by atoms with E-state index < -0.39 is 5.97 Å². The van der Waals surface area contributed by atoms with Gasteiger partial charge in [-0.1, -0.05) is 20.8 Å². The van der Waals surface area contributed by atoms with Gasteiger partial charge in [-0.3, -0.25) is 0 Å². The van der Waals surface area contributed by atoms with Crippen LogP contribution in [0, 0.1) is 46.3 Å². The minimum absolute atomic E-state index is 0.162. The molecule has 4 heteroatoms. The molecule has 0 heterocycles. The lowest BCUT2D eigenvalue weighted by atomic mass is 9.43. The lowest BCUT2D eigenvalue weighted by Gasteiger charge is -2.62. The van der Waals surface area contributed by atoms with Crippen molar-refractivity contribution < 1.29 is 20.1 Å². The number of carbonyl (C=O) groups excluding carboxylic acids is 1. The summed E-state index contributed by atoms with van der Waals surface area (Å²) < 4.78 is 0. The van der Waals surface area contributed by atoms with Gasteiger partial charge in [-0.05, 0) is 111 Å². The number of fused-ring (bicyclic) bond motifs is 5. The summed E-state index contributed by atoms with van der Waals surface area (Å²) in [5.74, 6) is 1.99. The van der Waals surface area contributed by atoms with Crippen molar-refractivity contribution in [3.63, 3.8) is 0 Å². The molecule has 4 saturated carbocycles. The highest BCUT2D eigenvalue weighted by Crippen LogP contribution is 2.68. The Morgan fingerprint density at radius 2 is 1.71 bits per heavy atom. The fraction of sp³-hybridized carbons (Fsp3) is 0.958. The van der Waals surface area contributed by atoms with Gasteiger partial charge < -0.3 is 20.1 Å². The molecule has 28 heavy (non-hydrogen) atoms. The Labute approximate surface area is 170 Å². The average molecular weight is 392 g/mol. The maximum Gasteiger partial charge on any atom is 0.0577 e. The second kappa shape index (κ2) is 7.27. The maximum atomic E-state index is 11.2. The zero-order valence-electron chi connectivity index (χ0n) is 17.9. The van der Waals surface area contributed by atoms with E-state index in [0.29, 0.717) is 41.9 Å². The number of aliphatic carboxylic acids is 1. The monoisotopic (exact) mass is 391 g/mol. The third-order valence-electron chi connectivity index (χ3n) is 10.2. The van der Waals surface area contributed by atoms with Gasteiger partial charge in [-0.15, -0.1) is 0 Å². The van der Waals surface area contributed by atoms with E-state index in [-0.39, 0.29) is 29.5 Å². The highest BCUT2D eigenvalue weighted by atomic mass is 16.4. The highest BCUT2D eigenvalue weighted by Gasteiger charge is 2.62. The number of carboxylic acid groups (broad SMARTS) is 1. The van der Waals surface area contributed by atoms with Gasteiger partial charge in [-0.25, -0.2) is 0 Å². The molecular formula is C24H39O4-. The largest absolute Gasteiger partial charge is 0.550 e. The van der Waals surface area contributed by atoms with Gasteiger partial charge in [0.15, 0.2) is 0 Å². The van der Waals surface area contributed by atoms with Crippen LogP contribution in [-0.4, -0.2) is 28.4 Å². The van der Waals surface area contributed by atoms with Gasteiger partial charge in [0.1, 0.15) is 0 Å². The lowest BCUT2D eigenvalue weighted by Crippen LogP contribution is -2.58. The second-order valence-corrected chi connectivity index (χ2v) is 11.3. The number of hydrogen-bond acceptors (Lipinski definition) is 4. The SMILES string of the molecule is C[C@H](CCC(=O)[O-])[C@H]1CC[C@H]2[C@@H]3[C@H](O)C[C@H]4C[C@H](O)CC[C@]4(C)[C@H]3CC[C@]12C. The van der Waals surface area contributed by atoms with Crippen molar-refractivity contribution in [3.8, 4) is 0 Å². The minimum Gasteiger partial charge on any atom is -0.550 e. The Morgan fingerprint density at radius 3 is 2.43 bits per heavy atom. The molecule has 10 atom stereocenters. The maximum absolute atomic E-state index is 11.2. The summed E-state index contributed by atoms with van der Waals surface area (Å²) in [6.07, 6.45) is 8.91. The van der Waals surface area contributed by atoms with Crippen molar-refractivity contribution >= 4 is 5.97 Å². The molecule has 0 bridgehead atoms. The third kappa shape index (κ3) is 3.14. The van der Waals surface area contributed by atoms with Crippen LogP contribution in [0.2, 0.25) is 0 Å². The van der Waals surface area contributed by atoms with Crippen LogP contribution in [0.5, 0.6) is 0 Å². The molecule has 160 valence electrons. The quantitative estimate of drug-likeness (QED) is 0.771. The number of hydrogen-bond donors (Lipinski definition) is 2. The van der Waals surface area contributed by atoms with E-state index in [9.17, 15) is 20.1 Å². The van der Waals surface area contributed by atoms with Crippen LogP contribution in [0.4, 0.5) is 0 Å². The first kappa shape index (κ1) is 20.7. The Kier molecular flexibility index (Phi) is 5.36. The standard InChI is InChI=1S/C24H40O4/c1-14(4-7-21(27)28)17-5-6-18-22-19(9-11-24(17,18)3)23(2)10-8-16(25)12-15(23)13-20(22)26/h14-20,22,25-26H,4-13H2,1-3H3,(H,27,28)/p-1/t14-,15-,16-,17-,18+,19+,20-,22+,23+,24-/m1/s1. The first-order chi connectivity index (χ1) is 13.2. The predicted molar refractivity (Wildman–Crippen MR) is 106 cm³/mol. The fourth-order valence-electron chi connectivity index (χ4n) is 8.72. The molecule has 0 aromatic rings. The molecule has 0 amide bonds. The van der Waals surface area contributed by atoms with Crippen molar-refractivity contribution in [2.75, 3.05) is 0 Å². The summed E-state index contributed by atoms with van der Waals surface area (Å²) in [7, 11) is 0. The normalized spacial score (nSPS) is 51.7. The average Bonchev–Trinajstić information content (AvgIpc) is 2.98. The van der Waals surface area contributed by atoms with Crippen LogP contribution in [0.3, 0.4) is 0 Å². The molecule has 4 rings (SSSR count). The van der Waals surface area contributed by atoms with Crippen LogP contribution in [0.15, 0.2) is 0 Å². The van der Waals surface area contributed by atoms with Gasteiger partial charge >= 0.3 is 0 Å². The number of carboxylic acids is 1. The van der Waals surface area contributed by atoms with Gasteiger partial charge in [0.2, 0.25) is 0 Å². The van der Waals surface area contributed by atoms with Crippen LogP contribution in [0.25, 0.3) is 0 Å². The second-order valence-electron chi connectivity index (χ2n) is 11.3. The molecule has 4 fully saturated rings. The van der Waals surface area contributed by atoms with Crippen LogP contribution in [0.1, 0.15) is 85.0 Å². The first-order valence-corrected chi connectivity index (χ1v) is 11.7. The van der Waals surface area contributed by atoms with E-state index in [1.165, 1.54) is 25.7 Å². The van der Waals surface area contributed by atoms with Gasteiger partial charge in [0.25, 0.3) is 0 Å². The van der Waals surface area contributed by atoms with Gasteiger partial charge in [-0.2, -0.15) is 0 Å². The molecule has 0 saturated heterocycles. The van der Waals surface area contributed by atoms with E-state index in [1.54, 1.807) is 0 Å². The molecular weight excluding hydrogens is 352 g/mol. The molecule has 4 nitrogen and oxygen atoms in total. The van der Waals surface area contributed by atoms with E-state index in [1.807, 2.05) is 0 Å². The third-order valence-corrected chi connectivity index (χ3v) is 10.2. The topological polar surface area (TPSA) is 80.6 Å².